The number of methoxy groups -OCH3 is 1. The van der Waals surface area contributed by atoms with Crippen LogP contribution < -0.4 is 9.47 Å². The van der Waals surface area contributed by atoms with Gasteiger partial charge in [-0.2, -0.15) is 5.10 Å². The Kier molecular flexibility index (Phi) is 4.88. The fraction of sp³-hybridized carbons (Fsp3) is 0.438. The van der Waals surface area contributed by atoms with Gasteiger partial charge < -0.3 is 19.2 Å². The minimum atomic E-state index is -0.680. The van der Waals surface area contributed by atoms with Gasteiger partial charge in [-0.05, 0) is 30.9 Å². The second-order valence-corrected chi connectivity index (χ2v) is 5.59. The predicted molar refractivity (Wildman–Crippen MR) is 87.4 cm³/mol. The molecule has 7 heteroatoms. The van der Waals surface area contributed by atoms with Gasteiger partial charge in [0.25, 0.3) is 0 Å². The van der Waals surface area contributed by atoms with Gasteiger partial charge in [0.05, 0.1) is 25.1 Å². The molecule has 0 aliphatic carbocycles. The van der Waals surface area contributed by atoms with Gasteiger partial charge >= 0.3 is 7.12 Å². The summed E-state index contributed by atoms with van der Waals surface area (Å²) in [4.78, 5) is 0. The van der Waals surface area contributed by atoms with Crippen molar-refractivity contribution in [1.29, 1.82) is 0 Å². The maximum atomic E-state index is 9.47. The molecule has 0 radical (unpaired) electrons. The number of ether oxygens (including phenoxy) is 2. The van der Waals surface area contributed by atoms with Crippen LogP contribution in [0.5, 0.6) is 11.5 Å². The average Bonchev–Trinajstić information content (AvgIpc) is 3.21. The van der Waals surface area contributed by atoms with E-state index in [9.17, 15) is 5.02 Å². The Morgan fingerprint density at radius 1 is 1.39 bits per heavy atom. The van der Waals surface area contributed by atoms with E-state index in [0.29, 0.717) is 31.0 Å². The highest BCUT2D eigenvalue weighted by Gasteiger charge is 2.31. The first-order valence-corrected chi connectivity index (χ1v) is 7.87. The molecule has 122 valence electrons. The molecule has 0 bridgehead atoms. The summed E-state index contributed by atoms with van der Waals surface area (Å²) in [5.41, 5.74) is 1.83. The van der Waals surface area contributed by atoms with E-state index in [0.717, 1.165) is 17.8 Å². The van der Waals surface area contributed by atoms with Crippen molar-refractivity contribution in [3.8, 4) is 17.2 Å². The van der Waals surface area contributed by atoms with Gasteiger partial charge in [-0.1, -0.05) is 6.92 Å². The standard InChI is InChI=1S/C16H21BN2O4/c1-3-8-22-16-9-13(4-5-15(16)21-2)19-7-6-14(18-19)12-10-17(20)23-11-12/h4-7,9,12,20H,3,8,10-11H2,1-2H3. The fourth-order valence-corrected chi connectivity index (χ4v) is 2.65. The normalized spacial score (nSPS) is 17.5. The Balaban J connectivity index is 1.82. The maximum Gasteiger partial charge on any atom is 0.454 e. The van der Waals surface area contributed by atoms with E-state index >= 15 is 0 Å². The zero-order valence-corrected chi connectivity index (χ0v) is 13.4. The molecule has 23 heavy (non-hydrogen) atoms. The average molecular weight is 316 g/mol. The molecular formula is C16H21BN2O4. The summed E-state index contributed by atoms with van der Waals surface area (Å²) in [5, 5.41) is 14.1. The molecular weight excluding hydrogens is 295 g/mol. The quantitative estimate of drug-likeness (QED) is 0.828. The lowest BCUT2D eigenvalue weighted by Crippen LogP contribution is -2.08. The van der Waals surface area contributed by atoms with Crippen molar-refractivity contribution in [3.05, 3.63) is 36.2 Å². The third kappa shape index (κ3) is 3.51. The summed E-state index contributed by atoms with van der Waals surface area (Å²) in [5.74, 6) is 1.56. The second kappa shape index (κ2) is 7.06. The summed E-state index contributed by atoms with van der Waals surface area (Å²) >= 11 is 0. The Hall–Kier alpha value is -1.99. The van der Waals surface area contributed by atoms with Crippen LogP contribution in [0.1, 0.15) is 25.0 Å². The number of benzene rings is 1. The van der Waals surface area contributed by atoms with Crippen LogP contribution in [0.15, 0.2) is 30.5 Å². The number of rotatable bonds is 6. The Morgan fingerprint density at radius 2 is 2.26 bits per heavy atom. The molecule has 1 saturated heterocycles. The monoisotopic (exact) mass is 316 g/mol. The van der Waals surface area contributed by atoms with E-state index in [1.165, 1.54) is 0 Å². The number of hydrogen-bond acceptors (Lipinski definition) is 5. The third-order valence-corrected chi connectivity index (χ3v) is 3.88. The van der Waals surface area contributed by atoms with Gasteiger partial charge in [0.1, 0.15) is 0 Å². The lowest BCUT2D eigenvalue weighted by molar-refractivity contribution is 0.291. The van der Waals surface area contributed by atoms with Crippen LogP contribution in [-0.4, -0.2) is 42.2 Å². The predicted octanol–water partition coefficient (Wildman–Crippen LogP) is 2.26. The zero-order chi connectivity index (χ0) is 16.2. The lowest BCUT2D eigenvalue weighted by atomic mass is 9.81. The van der Waals surface area contributed by atoms with Gasteiger partial charge in [-0.25, -0.2) is 4.68 Å². The smallest absolute Gasteiger partial charge is 0.454 e. The Labute approximate surface area is 136 Å². The van der Waals surface area contributed by atoms with Crippen molar-refractivity contribution in [2.75, 3.05) is 20.3 Å². The summed E-state index contributed by atoms with van der Waals surface area (Å²) in [6, 6.07) is 7.70. The first-order valence-electron chi connectivity index (χ1n) is 7.87. The van der Waals surface area contributed by atoms with Crippen molar-refractivity contribution in [2.45, 2.75) is 25.6 Å². The molecule has 0 spiro atoms. The molecule has 1 N–H and O–H groups in total. The molecule has 0 amide bonds. The molecule has 1 aromatic carbocycles. The van der Waals surface area contributed by atoms with Crippen molar-refractivity contribution >= 4 is 7.12 Å². The van der Waals surface area contributed by atoms with Gasteiger partial charge in [-0.3, -0.25) is 0 Å². The molecule has 2 aromatic rings. The van der Waals surface area contributed by atoms with E-state index in [4.69, 9.17) is 14.1 Å². The van der Waals surface area contributed by atoms with Crippen LogP contribution in [0.2, 0.25) is 6.32 Å². The first-order chi connectivity index (χ1) is 11.2. The molecule has 6 nitrogen and oxygen atoms in total. The van der Waals surface area contributed by atoms with E-state index in [1.54, 1.807) is 11.8 Å². The van der Waals surface area contributed by atoms with Crippen molar-refractivity contribution in [3.63, 3.8) is 0 Å². The Morgan fingerprint density at radius 3 is 2.96 bits per heavy atom. The van der Waals surface area contributed by atoms with Gasteiger partial charge in [-0.15, -0.1) is 0 Å². The Bertz CT molecular complexity index is 661. The second-order valence-electron chi connectivity index (χ2n) is 5.59. The number of hydrogen-bond donors (Lipinski definition) is 1. The molecule has 1 atom stereocenters. The summed E-state index contributed by atoms with van der Waals surface area (Å²) in [7, 11) is 0.950. The third-order valence-electron chi connectivity index (χ3n) is 3.88. The minimum Gasteiger partial charge on any atom is -0.493 e. The molecule has 0 saturated carbocycles. The molecule has 1 aromatic heterocycles. The van der Waals surface area contributed by atoms with Crippen LogP contribution in [0.3, 0.4) is 0 Å². The van der Waals surface area contributed by atoms with Crippen molar-refractivity contribution < 1.29 is 19.2 Å². The van der Waals surface area contributed by atoms with Gasteiger partial charge in [0.2, 0.25) is 0 Å². The molecule has 1 aliphatic rings. The number of aromatic nitrogens is 2. The largest absolute Gasteiger partial charge is 0.493 e. The van der Waals surface area contributed by atoms with Crippen LogP contribution in [0, 0.1) is 0 Å². The molecule has 1 aliphatic heterocycles. The van der Waals surface area contributed by atoms with E-state index in [-0.39, 0.29) is 5.92 Å². The van der Waals surface area contributed by atoms with Crippen molar-refractivity contribution in [1.82, 2.24) is 9.78 Å². The highest BCUT2D eigenvalue weighted by atomic mass is 16.5. The SMILES string of the molecule is CCCOc1cc(-n2ccc(C3COB(O)C3)n2)ccc1OC. The van der Waals surface area contributed by atoms with Crippen LogP contribution >= 0.6 is 0 Å². The van der Waals surface area contributed by atoms with E-state index in [1.807, 2.05) is 30.5 Å². The van der Waals surface area contributed by atoms with Gasteiger partial charge in [0, 0.05) is 24.8 Å². The van der Waals surface area contributed by atoms with Crippen molar-refractivity contribution in [2.24, 2.45) is 0 Å². The molecule has 1 unspecified atom stereocenters. The minimum absolute atomic E-state index is 0.139. The molecule has 2 heterocycles. The van der Waals surface area contributed by atoms with E-state index in [2.05, 4.69) is 12.0 Å². The van der Waals surface area contributed by atoms with Crippen LogP contribution in [0.4, 0.5) is 0 Å². The topological polar surface area (TPSA) is 65.7 Å². The summed E-state index contributed by atoms with van der Waals surface area (Å²) in [6.07, 6.45) is 3.43. The van der Waals surface area contributed by atoms with Gasteiger partial charge in [0.15, 0.2) is 11.5 Å². The molecule has 3 rings (SSSR count). The fourth-order valence-electron chi connectivity index (χ4n) is 2.65. The zero-order valence-electron chi connectivity index (χ0n) is 13.4. The maximum absolute atomic E-state index is 9.47. The number of nitrogens with zero attached hydrogens (tertiary/aromatic N) is 2. The first kappa shape index (κ1) is 15.9. The molecule has 1 fully saturated rings. The lowest BCUT2D eigenvalue weighted by Gasteiger charge is -2.12. The summed E-state index contributed by atoms with van der Waals surface area (Å²) in [6.45, 7) is 3.21. The van der Waals surface area contributed by atoms with E-state index < -0.39 is 7.12 Å². The highest BCUT2D eigenvalue weighted by molar-refractivity contribution is 6.43. The van der Waals surface area contributed by atoms with Crippen LogP contribution in [-0.2, 0) is 4.65 Å². The highest BCUT2D eigenvalue weighted by Crippen LogP contribution is 2.31. The van der Waals surface area contributed by atoms with Crippen LogP contribution in [0.25, 0.3) is 5.69 Å². The summed E-state index contributed by atoms with van der Waals surface area (Å²) < 4.78 is 18.1.